The molecule has 2 aromatic carbocycles. The van der Waals surface area contributed by atoms with E-state index in [4.69, 9.17) is 16.6 Å². The Bertz CT molecular complexity index is 1000. The van der Waals surface area contributed by atoms with Crippen LogP contribution in [-0.4, -0.2) is 48.2 Å². The van der Waals surface area contributed by atoms with E-state index in [0.717, 1.165) is 45.4 Å². The molecule has 0 saturated carbocycles. The van der Waals surface area contributed by atoms with Gasteiger partial charge in [-0.1, -0.05) is 48.9 Å². The summed E-state index contributed by atoms with van der Waals surface area (Å²) in [5.41, 5.74) is 2.65. The molecule has 0 fully saturated rings. The molecule has 0 atom stereocenters. The van der Waals surface area contributed by atoms with E-state index < -0.39 is 0 Å². The number of aromatic nitrogens is 1. The predicted molar refractivity (Wildman–Crippen MR) is 127 cm³/mol. The quantitative estimate of drug-likeness (QED) is 0.398. The monoisotopic (exact) mass is 447 g/mol. The number of carbonyl (C=O) groups excluding carboxylic acids is 1. The lowest BCUT2D eigenvalue weighted by atomic mass is 10.2. The maximum Gasteiger partial charge on any atom is 0.261 e. The first-order chi connectivity index (χ1) is 14.0. The first-order valence-corrected chi connectivity index (χ1v) is 12.1. The molecule has 0 spiro atoms. The van der Waals surface area contributed by atoms with E-state index in [1.165, 1.54) is 11.3 Å². The molecule has 0 N–H and O–H groups in total. The molecule has 0 saturated heterocycles. The zero-order valence-electron chi connectivity index (χ0n) is 17.2. The van der Waals surface area contributed by atoms with Crippen LogP contribution in [-0.2, 0) is 0 Å². The minimum atomic E-state index is -0.00934. The molecule has 1 aromatic heterocycles. The second-order valence-electron chi connectivity index (χ2n) is 6.75. The molecule has 0 unspecified atom stereocenters. The zero-order chi connectivity index (χ0) is 21.0. The van der Waals surface area contributed by atoms with Crippen LogP contribution >= 0.6 is 34.7 Å². The molecule has 0 aliphatic rings. The minimum Gasteiger partial charge on any atom is -0.302 e. The number of benzene rings is 2. The Kier molecular flexibility index (Phi) is 7.57. The molecule has 3 aromatic rings. The van der Waals surface area contributed by atoms with Gasteiger partial charge in [-0.05, 0) is 56.1 Å². The molecule has 3 rings (SSSR count). The summed E-state index contributed by atoms with van der Waals surface area (Å²) in [5.74, 6) is -0.00934. The molecule has 1 amide bonds. The number of hydrogen-bond donors (Lipinski definition) is 0. The van der Waals surface area contributed by atoms with E-state index in [2.05, 4.69) is 18.7 Å². The Morgan fingerprint density at radius 1 is 1.17 bits per heavy atom. The van der Waals surface area contributed by atoms with Crippen molar-refractivity contribution in [1.82, 2.24) is 9.88 Å². The molecule has 29 heavy (non-hydrogen) atoms. The molecule has 0 aliphatic heterocycles. The zero-order valence-corrected chi connectivity index (χ0v) is 19.6. The van der Waals surface area contributed by atoms with Crippen molar-refractivity contribution in [3.63, 3.8) is 0 Å². The van der Waals surface area contributed by atoms with Crippen molar-refractivity contribution in [2.45, 2.75) is 25.7 Å². The van der Waals surface area contributed by atoms with Gasteiger partial charge < -0.3 is 4.90 Å². The van der Waals surface area contributed by atoms with Gasteiger partial charge in [0.15, 0.2) is 5.13 Å². The number of amides is 1. The summed E-state index contributed by atoms with van der Waals surface area (Å²) < 4.78 is 1.00. The van der Waals surface area contributed by atoms with Crippen molar-refractivity contribution in [2.75, 3.05) is 37.3 Å². The number of thioether (sulfide) groups is 1. The largest absolute Gasteiger partial charge is 0.302 e. The Labute approximate surface area is 185 Å². The van der Waals surface area contributed by atoms with Crippen molar-refractivity contribution >= 4 is 56.0 Å². The third-order valence-corrected chi connectivity index (χ3v) is 7.03. The smallest absolute Gasteiger partial charge is 0.261 e. The molecule has 0 bridgehead atoms. The second-order valence-corrected chi connectivity index (χ2v) is 9.04. The number of thiazole rings is 1. The third-order valence-electron chi connectivity index (χ3n) is 4.99. The minimum absolute atomic E-state index is 0.00934. The topological polar surface area (TPSA) is 36.4 Å². The SMILES string of the molecule is CCN(CC)CCN(C(=O)c1ccccc1SC)c1nc2c(C)cc(Cl)cc2s1. The van der Waals surface area contributed by atoms with Gasteiger partial charge >= 0.3 is 0 Å². The summed E-state index contributed by atoms with van der Waals surface area (Å²) in [7, 11) is 0. The Hall–Kier alpha value is -1.60. The third kappa shape index (κ3) is 4.94. The molecule has 4 nitrogen and oxygen atoms in total. The highest BCUT2D eigenvalue weighted by Crippen LogP contribution is 2.34. The van der Waals surface area contributed by atoms with Crippen molar-refractivity contribution in [1.29, 1.82) is 0 Å². The van der Waals surface area contributed by atoms with Gasteiger partial charge in [-0.3, -0.25) is 9.69 Å². The lowest BCUT2D eigenvalue weighted by Gasteiger charge is -2.25. The number of hydrogen-bond acceptors (Lipinski definition) is 5. The summed E-state index contributed by atoms with van der Waals surface area (Å²) >= 11 is 9.35. The lowest BCUT2D eigenvalue weighted by Crippen LogP contribution is -2.39. The van der Waals surface area contributed by atoms with Crippen LogP contribution in [0.4, 0.5) is 5.13 Å². The normalized spacial score (nSPS) is 11.4. The van der Waals surface area contributed by atoms with Gasteiger partial charge in [-0.25, -0.2) is 4.98 Å². The van der Waals surface area contributed by atoms with Gasteiger partial charge in [-0.2, -0.15) is 0 Å². The average molecular weight is 448 g/mol. The molecular formula is C22H26ClN3OS2. The molecular weight excluding hydrogens is 422 g/mol. The highest BCUT2D eigenvalue weighted by atomic mass is 35.5. The molecule has 0 aliphatic carbocycles. The van der Waals surface area contributed by atoms with Gasteiger partial charge in [0.1, 0.15) is 0 Å². The standard InChI is InChI=1S/C22H26ClN3OS2/c1-5-25(6-2)11-12-26(21(27)17-9-7-8-10-18(17)28-4)22-24-20-15(3)13-16(23)14-19(20)29-22/h7-10,13-14H,5-6,11-12H2,1-4H3. The molecule has 7 heteroatoms. The van der Waals surface area contributed by atoms with Crippen LogP contribution in [0.25, 0.3) is 10.2 Å². The van der Waals surface area contributed by atoms with E-state index in [1.54, 1.807) is 11.8 Å². The van der Waals surface area contributed by atoms with E-state index in [9.17, 15) is 4.79 Å². The summed E-state index contributed by atoms with van der Waals surface area (Å²) in [6, 6.07) is 11.6. The number of fused-ring (bicyclic) bond motifs is 1. The summed E-state index contributed by atoms with van der Waals surface area (Å²) in [4.78, 5) is 23.5. The van der Waals surface area contributed by atoms with Gasteiger partial charge in [-0.15, -0.1) is 11.8 Å². The number of nitrogens with zero attached hydrogens (tertiary/aromatic N) is 3. The van der Waals surface area contributed by atoms with Gasteiger partial charge in [0.2, 0.25) is 0 Å². The fourth-order valence-corrected chi connectivity index (χ4v) is 5.32. The van der Waals surface area contributed by atoms with Crippen LogP contribution in [0.2, 0.25) is 5.02 Å². The molecule has 1 heterocycles. The van der Waals surface area contributed by atoms with Crippen molar-refractivity contribution in [3.8, 4) is 0 Å². The Morgan fingerprint density at radius 2 is 1.90 bits per heavy atom. The first kappa shape index (κ1) is 22.1. The number of carbonyl (C=O) groups is 1. The number of likely N-dealkylation sites (N-methyl/N-ethyl adjacent to an activating group) is 1. The van der Waals surface area contributed by atoms with Crippen molar-refractivity contribution in [2.24, 2.45) is 0 Å². The van der Waals surface area contributed by atoms with Crippen molar-refractivity contribution < 1.29 is 4.79 Å². The first-order valence-electron chi connectivity index (χ1n) is 9.72. The molecule has 154 valence electrons. The van der Waals surface area contributed by atoms with Crippen LogP contribution in [0.5, 0.6) is 0 Å². The van der Waals surface area contributed by atoms with Gasteiger partial charge in [0, 0.05) is 23.0 Å². The average Bonchev–Trinajstić information content (AvgIpc) is 3.14. The molecule has 0 radical (unpaired) electrons. The number of halogens is 1. The Balaban J connectivity index is 2.03. The van der Waals surface area contributed by atoms with Crippen LogP contribution in [0, 0.1) is 6.92 Å². The van der Waals surface area contributed by atoms with Gasteiger partial charge in [0.25, 0.3) is 5.91 Å². The van der Waals surface area contributed by atoms with E-state index in [0.29, 0.717) is 17.1 Å². The number of aryl methyl sites for hydroxylation is 1. The summed E-state index contributed by atoms with van der Waals surface area (Å²) in [6.45, 7) is 9.58. The predicted octanol–water partition coefficient (Wildman–Crippen LogP) is 5.97. The maximum absolute atomic E-state index is 13.6. The highest BCUT2D eigenvalue weighted by molar-refractivity contribution is 7.98. The van der Waals surface area contributed by atoms with Crippen LogP contribution in [0.1, 0.15) is 29.8 Å². The maximum atomic E-state index is 13.6. The number of anilines is 1. The van der Waals surface area contributed by atoms with Crippen molar-refractivity contribution in [3.05, 3.63) is 52.5 Å². The number of rotatable bonds is 8. The fourth-order valence-electron chi connectivity index (χ4n) is 3.29. The van der Waals surface area contributed by atoms with E-state index in [-0.39, 0.29) is 5.91 Å². The highest BCUT2D eigenvalue weighted by Gasteiger charge is 2.24. The Morgan fingerprint density at radius 3 is 2.59 bits per heavy atom. The van der Waals surface area contributed by atoms with Crippen LogP contribution in [0.15, 0.2) is 41.3 Å². The van der Waals surface area contributed by atoms with Crippen LogP contribution in [0.3, 0.4) is 0 Å². The summed E-state index contributed by atoms with van der Waals surface area (Å²) in [6.07, 6.45) is 2.00. The van der Waals surface area contributed by atoms with Gasteiger partial charge in [0.05, 0.1) is 15.8 Å². The lowest BCUT2D eigenvalue weighted by molar-refractivity contribution is 0.0981. The van der Waals surface area contributed by atoms with Crippen LogP contribution < -0.4 is 4.90 Å². The second kappa shape index (κ2) is 9.94. The summed E-state index contributed by atoms with van der Waals surface area (Å²) in [5, 5.41) is 1.41. The fraction of sp³-hybridized carbons (Fsp3) is 0.364. The van der Waals surface area contributed by atoms with E-state index in [1.807, 2.05) is 54.5 Å². The van der Waals surface area contributed by atoms with E-state index >= 15 is 0 Å².